The number of pyridine rings is 2. The smallest absolute Gasteiger partial charge is 0.189 e. The second kappa shape index (κ2) is 7.62. The van der Waals surface area contributed by atoms with Crippen LogP contribution in [0.4, 0.5) is 0 Å². The average molecular weight is 363 g/mol. The van der Waals surface area contributed by atoms with Crippen LogP contribution in [-0.2, 0) is 6.54 Å². The standard InChI is InChI=1S/C22H25N3O2/c1-15-5-6-19-18(12-15)21(26)13-17(24-19)14-25-10-7-16(8-11-25)22(27)20-4-2-3-9-23-20/h2-6,9,12-13,16,22,27H,7-8,10-11,14H2,1H3,(H,24,26)/t22-/m0/s1. The van der Waals surface area contributed by atoms with E-state index < -0.39 is 6.10 Å². The zero-order valence-electron chi connectivity index (χ0n) is 15.6. The van der Waals surface area contributed by atoms with Crippen LogP contribution in [-0.4, -0.2) is 33.1 Å². The molecule has 1 atom stereocenters. The molecule has 140 valence electrons. The molecule has 2 aromatic heterocycles. The van der Waals surface area contributed by atoms with Gasteiger partial charge in [0.2, 0.25) is 0 Å². The van der Waals surface area contributed by atoms with E-state index in [0.717, 1.165) is 60.3 Å². The number of hydrogen-bond acceptors (Lipinski definition) is 4. The second-order valence-corrected chi connectivity index (χ2v) is 7.52. The number of fused-ring (bicyclic) bond motifs is 1. The Hall–Kier alpha value is -2.50. The minimum Gasteiger partial charge on any atom is -0.387 e. The molecule has 1 aliphatic rings. The second-order valence-electron chi connectivity index (χ2n) is 7.52. The lowest BCUT2D eigenvalue weighted by Gasteiger charge is -2.34. The zero-order chi connectivity index (χ0) is 18.8. The molecule has 0 spiro atoms. The summed E-state index contributed by atoms with van der Waals surface area (Å²) in [6.07, 6.45) is 3.08. The predicted molar refractivity (Wildman–Crippen MR) is 107 cm³/mol. The highest BCUT2D eigenvalue weighted by molar-refractivity contribution is 5.79. The molecule has 0 radical (unpaired) electrons. The Morgan fingerprint density at radius 3 is 2.78 bits per heavy atom. The van der Waals surface area contributed by atoms with Gasteiger partial charge in [0.25, 0.3) is 0 Å². The number of aromatic nitrogens is 2. The molecule has 0 saturated carbocycles. The third kappa shape index (κ3) is 3.94. The molecule has 0 amide bonds. The lowest BCUT2D eigenvalue weighted by atomic mass is 9.89. The molecule has 1 saturated heterocycles. The fraction of sp³-hybridized carbons (Fsp3) is 0.364. The van der Waals surface area contributed by atoms with E-state index in [1.165, 1.54) is 0 Å². The van der Waals surface area contributed by atoms with E-state index in [2.05, 4.69) is 14.9 Å². The maximum Gasteiger partial charge on any atom is 0.189 e. The number of aliphatic hydroxyl groups is 1. The summed E-state index contributed by atoms with van der Waals surface area (Å²) in [6.45, 7) is 4.53. The number of likely N-dealkylation sites (tertiary alicyclic amines) is 1. The van der Waals surface area contributed by atoms with Crippen molar-refractivity contribution in [1.29, 1.82) is 0 Å². The quantitative estimate of drug-likeness (QED) is 0.747. The maximum atomic E-state index is 12.4. The Bertz CT molecular complexity index is 976. The van der Waals surface area contributed by atoms with Gasteiger partial charge in [0.05, 0.1) is 11.8 Å². The first-order chi connectivity index (χ1) is 13.1. The van der Waals surface area contributed by atoms with Crippen LogP contribution in [0.2, 0.25) is 0 Å². The Morgan fingerprint density at radius 1 is 1.22 bits per heavy atom. The molecule has 27 heavy (non-hydrogen) atoms. The molecule has 1 fully saturated rings. The Labute approximate surface area is 158 Å². The van der Waals surface area contributed by atoms with Crippen molar-refractivity contribution < 1.29 is 5.11 Å². The van der Waals surface area contributed by atoms with E-state index in [1.807, 2.05) is 43.3 Å². The van der Waals surface area contributed by atoms with Crippen LogP contribution in [0.5, 0.6) is 0 Å². The summed E-state index contributed by atoms with van der Waals surface area (Å²) in [5, 5.41) is 11.3. The highest BCUT2D eigenvalue weighted by atomic mass is 16.3. The third-order valence-electron chi connectivity index (χ3n) is 5.50. The van der Waals surface area contributed by atoms with Crippen LogP contribution in [0, 0.1) is 12.8 Å². The van der Waals surface area contributed by atoms with Gasteiger partial charge in [0, 0.05) is 35.4 Å². The molecule has 1 aliphatic heterocycles. The van der Waals surface area contributed by atoms with Crippen molar-refractivity contribution in [1.82, 2.24) is 14.9 Å². The van der Waals surface area contributed by atoms with Crippen molar-refractivity contribution in [2.75, 3.05) is 13.1 Å². The van der Waals surface area contributed by atoms with Crippen molar-refractivity contribution in [2.45, 2.75) is 32.4 Å². The number of H-pyrrole nitrogens is 1. The fourth-order valence-corrected chi connectivity index (χ4v) is 3.96. The van der Waals surface area contributed by atoms with Gasteiger partial charge in [-0.25, -0.2) is 0 Å². The molecule has 3 aromatic rings. The molecule has 3 heterocycles. The summed E-state index contributed by atoms with van der Waals surface area (Å²) in [5.74, 6) is 0.231. The van der Waals surface area contributed by atoms with Crippen LogP contribution in [0.3, 0.4) is 0 Å². The van der Waals surface area contributed by atoms with Gasteiger partial charge in [0.1, 0.15) is 0 Å². The fourth-order valence-electron chi connectivity index (χ4n) is 3.96. The summed E-state index contributed by atoms with van der Waals surface area (Å²) in [5.41, 5.74) is 3.76. The summed E-state index contributed by atoms with van der Waals surface area (Å²) >= 11 is 0. The van der Waals surface area contributed by atoms with Crippen molar-refractivity contribution >= 4 is 10.9 Å². The van der Waals surface area contributed by atoms with Crippen LogP contribution in [0.25, 0.3) is 10.9 Å². The van der Waals surface area contributed by atoms with Crippen molar-refractivity contribution in [3.05, 3.63) is 75.8 Å². The number of aryl methyl sites for hydroxylation is 1. The number of aliphatic hydroxyl groups excluding tert-OH is 1. The van der Waals surface area contributed by atoms with E-state index in [9.17, 15) is 9.90 Å². The normalized spacial score (nSPS) is 17.3. The van der Waals surface area contributed by atoms with Crippen molar-refractivity contribution in [3.8, 4) is 0 Å². The first-order valence-electron chi connectivity index (χ1n) is 9.54. The number of rotatable bonds is 4. The van der Waals surface area contributed by atoms with Crippen LogP contribution in [0.15, 0.2) is 53.5 Å². The lowest BCUT2D eigenvalue weighted by Crippen LogP contribution is -2.35. The van der Waals surface area contributed by atoms with E-state index in [0.29, 0.717) is 0 Å². The Balaban J connectivity index is 1.41. The summed E-state index contributed by atoms with van der Waals surface area (Å²) in [4.78, 5) is 22.4. The van der Waals surface area contributed by atoms with Gasteiger partial charge < -0.3 is 10.1 Å². The third-order valence-corrected chi connectivity index (χ3v) is 5.50. The highest BCUT2D eigenvalue weighted by Gasteiger charge is 2.27. The molecule has 0 unspecified atom stereocenters. The molecule has 5 heteroatoms. The molecule has 1 aromatic carbocycles. The molecule has 4 rings (SSSR count). The van der Waals surface area contributed by atoms with Gasteiger partial charge in [-0.1, -0.05) is 17.7 Å². The van der Waals surface area contributed by atoms with E-state index in [1.54, 1.807) is 12.3 Å². The van der Waals surface area contributed by atoms with E-state index >= 15 is 0 Å². The summed E-state index contributed by atoms with van der Waals surface area (Å²) in [6, 6.07) is 13.3. The zero-order valence-corrected chi connectivity index (χ0v) is 15.6. The first-order valence-corrected chi connectivity index (χ1v) is 9.54. The average Bonchev–Trinajstić information content (AvgIpc) is 2.69. The lowest BCUT2D eigenvalue weighted by molar-refractivity contribution is 0.0537. The van der Waals surface area contributed by atoms with Gasteiger partial charge in [-0.05, 0) is 63.0 Å². The topological polar surface area (TPSA) is 69.2 Å². The van der Waals surface area contributed by atoms with Gasteiger partial charge in [0.15, 0.2) is 5.43 Å². The number of hydrogen-bond donors (Lipinski definition) is 2. The molecular formula is C22H25N3O2. The molecule has 5 nitrogen and oxygen atoms in total. The molecular weight excluding hydrogens is 338 g/mol. The molecule has 0 bridgehead atoms. The van der Waals surface area contributed by atoms with Gasteiger partial charge in [-0.2, -0.15) is 0 Å². The highest BCUT2D eigenvalue weighted by Crippen LogP contribution is 2.30. The van der Waals surface area contributed by atoms with Crippen LogP contribution < -0.4 is 5.43 Å². The minimum absolute atomic E-state index is 0.0721. The van der Waals surface area contributed by atoms with Crippen LogP contribution in [0.1, 0.15) is 35.9 Å². The molecule has 2 N–H and O–H groups in total. The Kier molecular flexibility index (Phi) is 5.05. The van der Waals surface area contributed by atoms with Gasteiger partial charge in [-0.3, -0.25) is 14.7 Å². The predicted octanol–water partition coefficient (Wildman–Crippen LogP) is 3.18. The number of nitrogens with zero attached hydrogens (tertiary/aromatic N) is 2. The minimum atomic E-state index is -0.503. The van der Waals surface area contributed by atoms with Gasteiger partial charge >= 0.3 is 0 Å². The van der Waals surface area contributed by atoms with E-state index in [-0.39, 0.29) is 11.3 Å². The largest absolute Gasteiger partial charge is 0.387 e. The number of piperidine rings is 1. The van der Waals surface area contributed by atoms with Crippen molar-refractivity contribution in [3.63, 3.8) is 0 Å². The SMILES string of the molecule is Cc1ccc2[nH]c(CN3CCC([C@H](O)c4ccccn4)CC3)cc(=O)c2c1. The summed E-state index contributed by atoms with van der Waals surface area (Å²) < 4.78 is 0. The number of aromatic amines is 1. The maximum absolute atomic E-state index is 12.4. The summed E-state index contributed by atoms with van der Waals surface area (Å²) in [7, 11) is 0. The molecule has 0 aliphatic carbocycles. The number of nitrogens with one attached hydrogen (secondary N) is 1. The van der Waals surface area contributed by atoms with Crippen molar-refractivity contribution in [2.24, 2.45) is 5.92 Å². The monoisotopic (exact) mass is 363 g/mol. The first kappa shape index (κ1) is 17.9. The van der Waals surface area contributed by atoms with Crippen LogP contribution >= 0.6 is 0 Å². The number of benzene rings is 1. The van der Waals surface area contributed by atoms with E-state index in [4.69, 9.17) is 0 Å². The Morgan fingerprint density at radius 2 is 2.04 bits per heavy atom. The van der Waals surface area contributed by atoms with Gasteiger partial charge in [-0.15, -0.1) is 0 Å².